The van der Waals surface area contributed by atoms with Crippen LogP contribution >= 0.6 is 0 Å². The molecule has 1 aromatic carbocycles. The number of hydrogen-bond acceptors (Lipinski definition) is 7. The first-order valence-electron chi connectivity index (χ1n) is 9.78. The fourth-order valence-corrected chi connectivity index (χ4v) is 3.65. The Morgan fingerprint density at radius 1 is 1.21 bits per heavy atom. The molecule has 0 unspecified atom stereocenters. The summed E-state index contributed by atoms with van der Waals surface area (Å²) in [5, 5.41) is 7.30. The van der Waals surface area contributed by atoms with Crippen LogP contribution in [0.2, 0.25) is 0 Å². The second kappa shape index (κ2) is 6.91. The zero-order valence-electron chi connectivity index (χ0n) is 16.2. The summed E-state index contributed by atoms with van der Waals surface area (Å²) in [5.74, 6) is 0.970. The molecule has 3 heterocycles. The van der Waals surface area contributed by atoms with Crippen molar-refractivity contribution in [1.29, 1.82) is 0 Å². The lowest BCUT2D eigenvalue weighted by Crippen LogP contribution is -2.27. The van der Waals surface area contributed by atoms with E-state index in [2.05, 4.69) is 39.7 Å². The van der Waals surface area contributed by atoms with Crippen LogP contribution in [0.5, 0.6) is 0 Å². The standard InChI is InChI=1S/C20H22N6O3/c1-24-11-21-18-17(24)19(27)25(12-22-18)10-16-23-26(20(28)29-16)9-8-13-2-4-14(5-3-13)15-6-7-15/h2-5,12,15,21H,6-11H2,1H3. The Labute approximate surface area is 166 Å². The molecular weight excluding hydrogens is 372 g/mol. The van der Waals surface area contributed by atoms with E-state index < -0.39 is 5.76 Å². The number of aromatic nitrogens is 4. The van der Waals surface area contributed by atoms with Gasteiger partial charge < -0.3 is 14.6 Å². The molecule has 9 heteroatoms. The molecule has 0 spiro atoms. The molecule has 0 amide bonds. The fraction of sp³-hybridized carbons (Fsp3) is 0.400. The molecule has 0 radical (unpaired) electrons. The Bertz CT molecular complexity index is 1160. The first kappa shape index (κ1) is 17.7. The van der Waals surface area contributed by atoms with Gasteiger partial charge in [0.2, 0.25) is 5.89 Å². The molecule has 1 N–H and O–H groups in total. The molecule has 9 nitrogen and oxygen atoms in total. The van der Waals surface area contributed by atoms with Gasteiger partial charge in [0.1, 0.15) is 18.6 Å². The highest BCUT2D eigenvalue weighted by molar-refractivity contribution is 5.68. The summed E-state index contributed by atoms with van der Waals surface area (Å²) in [6, 6.07) is 8.56. The van der Waals surface area contributed by atoms with Gasteiger partial charge in [-0.2, -0.15) is 4.68 Å². The van der Waals surface area contributed by atoms with E-state index in [0.29, 0.717) is 31.1 Å². The Balaban J connectivity index is 1.29. The number of anilines is 2. The molecule has 2 aliphatic rings. The van der Waals surface area contributed by atoms with Gasteiger partial charge in [0.05, 0.1) is 13.2 Å². The number of aryl methyl sites for hydroxylation is 2. The van der Waals surface area contributed by atoms with Crippen molar-refractivity contribution in [3.05, 3.63) is 68.5 Å². The molecule has 1 aliphatic heterocycles. The quantitative estimate of drug-likeness (QED) is 0.674. The first-order valence-corrected chi connectivity index (χ1v) is 9.78. The topological polar surface area (TPSA) is 98.2 Å². The second-order valence-electron chi connectivity index (χ2n) is 7.66. The molecule has 1 fully saturated rings. The minimum atomic E-state index is -0.518. The molecule has 0 bridgehead atoms. The molecule has 1 saturated carbocycles. The summed E-state index contributed by atoms with van der Waals surface area (Å²) < 4.78 is 7.95. The summed E-state index contributed by atoms with van der Waals surface area (Å²) in [6.07, 6.45) is 4.69. The minimum Gasteiger partial charge on any atom is -0.390 e. The minimum absolute atomic E-state index is 0.0608. The molecule has 0 saturated heterocycles. The molecule has 3 aromatic rings. The summed E-state index contributed by atoms with van der Waals surface area (Å²) in [7, 11) is 1.82. The molecule has 2 aromatic heterocycles. The smallest absolute Gasteiger partial charge is 0.390 e. The third-order valence-corrected chi connectivity index (χ3v) is 5.47. The van der Waals surface area contributed by atoms with Crippen LogP contribution < -0.4 is 21.5 Å². The molecular formula is C20H22N6O3. The molecule has 5 rings (SSSR count). The second-order valence-corrected chi connectivity index (χ2v) is 7.66. The third kappa shape index (κ3) is 3.43. The zero-order chi connectivity index (χ0) is 20.0. The van der Waals surface area contributed by atoms with Crippen molar-refractivity contribution in [2.75, 3.05) is 23.9 Å². The van der Waals surface area contributed by atoms with Crippen LogP contribution in [-0.4, -0.2) is 33.0 Å². The van der Waals surface area contributed by atoms with Gasteiger partial charge in [-0.3, -0.25) is 9.36 Å². The van der Waals surface area contributed by atoms with E-state index in [9.17, 15) is 9.59 Å². The van der Waals surface area contributed by atoms with Gasteiger partial charge in [-0.05, 0) is 36.3 Å². The Kier molecular flexibility index (Phi) is 4.22. The van der Waals surface area contributed by atoms with Gasteiger partial charge in [0.15, 0.2) is 5.82 Å². The van der Waals surface area contributed by atoms with Crippen molar-refractivity contribution in [3.63, 3.8) is 0 Å². The summed E-state index contributed by atoms with van der Waals surface area (Å²) >= 11 is 0. The van der Waals surface area contributed by atoms with E-state index in [1.165, 1.54) is 34.0 Å². The van der Waals surface area contributed by atoms with Gasteiger partial charge in [0, 0.05) is 7.05 Å². The average Bonchev–Trinajstić information content (AvgIpc) is 3.41. The van der Waals surface area contributed by atoms with Crippen LogP contribution in [0.3, 0.4) is 0 Å². The van der Waals surface area contributed by atoms with Crippen LogP contribution in [0.4, 0.5) is 11.5 Å². The maximum Gasteiger partial charge on any atom is 0.437 e. The van der Waals surface area contributed by atoms with Gasteiger partial charge in [-0.25, -0.2) is 9.78 Å². The SMILES string of the molecule is CN1CNc2ncn(Cc3nn(CCc4ccc(C5CC5)cc4)c(=O)o3)c(=O)c21. The highest BCUT2D eigenvalue weighted by Crippen LogP contribution is 2.39. The normalized spacial score (nSPS) is 15.4. The number of hydrogen-bond donors (Lipinski definition) is 1. The summed E-state index contributed by atoms with van der Waals surface area (Å²) in [5.41, 5.74) is 2.85. The lowest BCUT2D eigenvalue weighted by atomic mass is 10.1. The van der Waals surface area contributed by atoms with Gasteiger partial charge in [0.25, 0.3) is 5.56 Å². The average molecular weight is 394 g/mol. The molecule has 1 aliphatic carbocycles. The Morgan fingerprint density at radius 3 is 2.76 bits per heavy atom. The van der Waals surface area contributed by atoms with Crippen LogP contribution in [0.25, 0.3) is 0 Å². The number of rotatable bonds is 6. The van der Waals surface area contributed by atoms with Gasteiger partial charge in [-0.15, -0.1) is 5.10 Å². The van der Waals surface area contributed by atoms with Crippen LogP contribution in [0, 0.1) is 0 Å². The van der Waals surface area contributed by atoms with Crippen LogP contribution in [0.1, 0.15) is 35.8 Å². The van der Waals surface area contributed by atoms with Gasteiger partial charge >= 0.3 is 5.76 Å². The van der Waals surface area contributed by atoms with Crippen molar-refractivity contribution >= 4 is 11.5 Å². The van der Waals surface area contributed by atoms with Gasteiger partial charge in [-0.1, -0.05) is 24.3 Å². The zero-order valence-corrected chi connectivity index (χ0v) is 16.2. The molecule has 150 valence electrons. The Hall–Kier alpha value is -3.36. The van der Waals surface area contributed by atoms with Crippen molar-refractivity contribution in [1.82, 2.24) is 19.3 Å². The first-order chi connectivity index (χ1) is 14.1. The maximum atomic E-state index is 12.6. The monoisotopic (exact) mass is 394 g/mol. The van der Waals surface area contributed by atoms with Crippen molar-refractivity contribution in [2.24, 2.45) is 0 Å². The largest absolute Gasteiger partial charge is 0.437 e. The number of nitrogens with zero attached hydrogens (tertiary/aromatic N) is 5. The van der Waals surface area contributed by atoms with Crippen molar-refractivity contribution in [3.8, 4) is 0 Å². The van der Waals surface area contributed by atoms with Crippen LogP contribution in [-0.2, 0) is 19.5 Å². The molecule has 29 heavy (non-hydrogen) atoms. The van der Waals surface area contributed by atoms with E-state index in [1.807, 2.05) is 7.05 Å². The van der Waals surface area contributed by atoms with E-state index >= 15 is 0 Å². The highest BCUT2D eigenvalue weighted by atomic mass is 16.4. The summed E-state index contributed by atoms with van der Waals surface area (Å²) in [4.78, 5) is 30.8. The van der Waals surface area contributed by atoms with Crippen molar-refractivity contribution in [2.45, 2.75) is 38.3 Å². The van der Waals surface area contributed by atoms with E-state index in [-0.39, 0.29) is 18.0 Å². The lowest BCUT2D eigenvalue weighted by Gasteiger charge is -2.09. The Morgan fingerprint density at radius 2 is 2.00 bits per heavy atom. The molecule has 0 atom stereocenters. The fourth-order valence-electron chi connectivity index (χ4n) is 3.65. The number of nitrogens with one attached hydrogen (secondary N) is 1. The van der Waals surface area contributed by atoms with E-state index in [1.54, 1.807) is 4.90 Å². The number of benzene rings is 1. The third-order valence-electron chi connectivity index (χ3n) is 5.47. The van der Waals surface area contributed by atoms with E-state index in [4.69, 9.17) is 4.42 Å². The van der Waals surface area contributed by atoms with Crippen molar-refractivity contribution < 1.29 is 4.42 Å². The maximum absolute atomic E-state index is 12.6. The predicted octanol–water partition coefficient (Wildman–Crippen LogP) is 1.38. The van der Waals surface area contributed by atoms with E-state index in [0.717, 1.165) is 11.5 Å². The predicted molar refractivity (Wildman–Crippen MR) is 107 cm³/mol. The van der Waals surface area contributed by atoms with Crippen LogP contribution in [0.15, 0.2) is 44.6 Å². The lowest BCUT2D eigenvalue weighted by molar-refractivity contribution is 0.434. The summed E-state index contributed by atoms with van der Waals surface area (Å²) in [6.45, 7) is 1.02. The highest BCUT2D eigenvalue weighted by Gasteiger charge is 2.23. The number of fused-ring (bicyclic) bond motifs is 1.